The average Bonchev–Trinajstić information content (AvgIpc) is 2.57. The second-order valence-electron chi connectivity index (χ2n) is 7.03. The monoisotopic (exact) mass is 310 g/mol. The Hall–Kier alpha value is -1.14. The first kappa shape index (κ1) is 15.7. The van der Waals surface area contributed by atoms with E-state index in [2.05, 4.69) is 0 Å². The van der Waals surface area contributed by atoms with Gasteiger partial charge in [-0.1, -0.05) is 6.42 Å². The van der Waals surface area contributed by atoms with E-state index in [1.807, 2.05) is 23.6 Å². The van der Waals surface area contributed by atoms with E-state index in [0.29, 0.717) is 32.8 Å². The maximum Gasteiger partial charge on any atom is 0.248 e. The normalized spacial score (nSPS) is 30.6. The molecule has 3 aliphatic rings. The molecular formula is C16H26N2O4. The molecule has 2 saturated heterocycles. The van der Waals surface area contributed by atoms with Gasteiger partial charge in [-0.05, 0) is 26.7 Å². The van der Waals surface area contributed by atoms with Crippen molar-refractivity contribution in [3.63, 3.8) is 0 Å². The maximum absolute atomic E-state index is 12.5. The zero-order valence-electron chi connectivity index (χ0n) is 13.5. The van der Waals surface area contributed by atoms with Crippen molar-refractivity contribution in [1.29, 1.82) is 0 Å². The Kier molecular flexibility index (Phi) is 4.41. The molecule has 0 N–H and O–H groups in total. The number of carbonyl (C=O) groups excluding carboxylic acids is 2. The van der Waals surface area contributed by atoms with E-state index in [4.69, 9.17) is 9.47 Å². The van der Waals surface area contributed by atoms with Gasteiger partial charge in [0, 0.05) is 18.5 Å². The Morgan fingerprint density at radius 2 is 2.09 bits per heavy atom. The third kappa shape index (κ3) is 2.99. The maximum atomic E-state index is 12.5. The highest BCUT2D eigenvalue weighted by Crippen LogP contribution is 2.31. The molecule has 3 rings (SSSR count). The first-order valence-electron chi connectivity index (χ1n) is 8.31. The summed E-state index contributed by atoms with van der Waals surface area (Å²) in [5.41, 5.74) is -0.575. The van der Waals surface area contributed by atoms with Gasteiger partial charge in [0.2, 0.25) is 11.8 Å². The molecule has 1 saturated carbocycles. The van der Waals surface area contributed by atoms with Crippen LogP contribution in [0.4, 0.5) is 0 Å². The summed E-state index contributed by atoms with van der Waals surface area (Å²) in [6, 6.07) is 0.104. The van der Waals surface area contributed by atoms with Gasteiger partial charge in [0.05, 0.1) is 26.3 Å². The highest BCUT2D eigenvalue weighted by molar-refractivity contribution is 5.80. The number of ether oxygens (including phenoxy) is 2. The topological polar surface area (TPSA) is 59.1 Å². The minimum Gasteiger partial charge on any atom is -0.368 e. The van der Waals surface area contributed by atoms with Crippen LogP contribution in [-0.4, -0.2) is 72.7 Å². The van der Waals surface area contributed by atoms with Crippen LogP contribution >= 0.6 is 0 Å². The van der Waals surface area contributed by atoms with E-state index in [1.54, 1.807) is 0 Å². The third-order valence-electron chi connectivity index (χ3n) is 5.01. The molecule has 6 nitrogen and oxygen atoms in total. The van der Waals surface area contributed by atoms with Gasteiger partial charge in [0.25, 0.3) is 0 Å². The number of nitrogens with zero attached hydrogens (tertiary/aromatic N) is 2. The van der Waals surface area contributed by atoms with E-state index >= 15 is 0 Å². The van der Waals surface area contributed by atoms with Crippen molar-refractivity contribution in [2.45, 2.75) is 44.8 Å². The highest BCUT2D eigenvalue weighted by atomic mass is 16.5. The summed E-state index contributed by atoms with van der Waals surface area (Å²) in [5.74, 6) is 0.447. The molecule has 0 radical (unpaired) electrons. The van der Waals surface area contributed by atoms with Gasteiger partial charge in [-0.15, -0.1) is 0 Å². The molecule has 2 heterocycles. The van der Waals surface area contributed by atoms with Crippen LogP contribution in [0.2, 0.25) is 0 Å². The van der Waals surface area contributed by atoms with E-state index in [-0.39, 0.29) is 30.4 Å². The summed E-state index contributed by atoms with van der Waals surface area (Å²) < 4.78 is 11.6. The van der Waals surface area contributed by atoms with Crippen molar-refractivity contribution < 1.29 is 19.1 Å². The molecule has 1 unspecified atom stereocenters. The summed E-state index contributed by atoms with van der Waals surface area (Å²) in [6.45, 7) is 6.65. The number of carbonyl (C=O) groups is 2. The van der Waals surface area contributed by atoms with E-state index in [1.165, 1.54) is 0 Å². The second kappa shape index (κ2) is 6.16. The molecule has 0 aromatic heterocycles. The standard InChI is InChI=1S/C16H26N2O4/c1-12(2)18-10-16(11-21-8-14(18)19)9-17(6-7-22-16)15(20)13-4-3-5-13/h12-13H,3-11H2,1-2H3. The quantitative estimate of drug-likeness (QED) is 0.751. The lowest BCUT2D eigenvalue weighted by Gasteiger charge is -2.45. The van der Waals surface area contributed by atoms with Crippen molar-refractivity contribution >= 4 is 11.8 Å². The molecule has 3 fully saturated rings. The summed E-state index contributed by atoms with van der Waals surface area (Å²) in [7, 11) is 0. The van der Waals surface area contributed by atoms with E-state index in [0.717, 1.165) is 19.3 Å². The molecule has 0 aromatic carbocycles. The molecule has 22 heavy (non-hydrogen) atoms. The fraction of sp³-hybridized carbons (Fsp3) is 0.875. The molecule has 6 heteroatoms. The molecule has 2 aliphatic heterocycles. The van der Waals surface area contributed by atoms with Gasteiger partial charge in [0.15, 0.2) is 0 Å². The number of morpholine rings is 1. The number of hydrogen-bond acceptors (Lipinski definition) is 4. The summed E-state index contributed by atoms with van der Waals surface area (Å²) in [5, 5.41) is 0. The van der Waals surface area contributed by atoms with Crippen LogP contribution in [0.25, 0.3) is 0 Å². The van der Waals surface area contributed by atoms with Crippen molar-refractivity contribution in [2.24, 2.45) is 5.92 Å². The predicted octanol–water partition coefficient (Wildman–Crippen LogP) is 0.651. The van der Waals surface area contributed by atoms with Crippen molar-refractivity contribution in [3.05, 3.63) is 0 Å². The van der Waals surface area contributed by atoms with Gasteiger partial charge < -0.3 is 19.3 Å². The van der Waals surface area contributed by atoms with Gasteiger partial charge in [0.1, 0.15) is 12.2 Å². The van der Waals surface area contributed by atoms with Crippen LogP contribution in [-0.2, 0) is 19.1 Å². The van der Waals surface area contributed by atoms with Gasteiger partial charge in [-0.25, -0.2) is 0 Å². The Balaban J connectivity index is 1.72. The fourth-order valence-electron chi connectivity index (χ4n) is 3.45. The van der Waals surface area contributed by atoms with Crippen LogP contribution in [0.15, 0.2) is 0 Å². The minimum atomic E-state index is -0.575. The Bertz CT molecular complexity index is 449. The number of amides is 2. The van der Waals surface area contributed by atoms with E-state index < -0.39 is 5.60 Å². The first-order valence-corrected chi connectivity index (χ1v) is 8.31. The van der Waals surface area contributed by atoms with Gasteiger partial charge in [-0.2, -0.15) is 0 Å². The lowest BCUT2D eigenvalue weighted by atomic mass is 9.84. The third-order valence-corrected chi connectivity index (χ3v) is 5.01. The van der Waals surface area contributed by atoms with Crippen molar-refractivity contribution in [1.82, 2.24) is 9.80 Å². The first-order chi connectivity index (χ1) is 10.5. The number of rotatable bonds is 2. The molecule has 0 bridgehead atoms. The lowest BCUT2D eigenvalue weighted by molar-refractivity contribution is -0.167. The largest absolute Gasteiger partial charge is 0.368 e. The highest BCUT2D eigenvalue weighted by Gasteiger charge is 2.44. The zero-order valence-corrected chi connectivity index (χ0v) is 13.5. The molecule has 1 atom stereocenters. The molecule has 124 valence electrons. The van der Waals surface area contributed by atoms with Gasteiger partial charge in [-0.3, -0.25) is 9.59 Å². The molecule has 1 aliphatic carbocycles. The Morgan fingerprint density at radius 1 is 1.32 bits per heavy atom. The van der Waals surface area contributed by atoms with Crippen LogP contribution in [0, 0.1) is 5.92 Å². The Morgan fingerprint density at radius 3 is 2.73 bits per heavy atom. The smallest absolute Gasteiger partial charge is 0.248 e. The minimum absolute atomic E-state index is 0.00193. The van der Waals surface area contributed by atoms with Crippen LogP contribution in [0.5, 0.6) is 0 Å². The van der Waals surface area contributed by atoms with E-state index in [9.17, 15) is 9.59 Å². The van der Waals surface area contributed by atoms with Crippen LogP contribution < -0.4 is 0 Å². The molecule has 2 amide bonds. The molecular weight excluding hydrogens is 284 g/mol. The summed E-state index contributed by atoms with van der Waals surface area (Å²) in [4.78, 5) is 28.4. The molecule has 1 spiro atoms. The van der Waals surface area contributed by atoms with Crippen molar-refractivity contribution in [2.75, 3.05) is 39.5 Å². The fourth-order valence-corrected chi connectivity index (χ4v) is 3.45. The van der Waals surface area contributed by atoms with Gasteiger partial charge >= 0.3 is 0 Å². The SMILES string of the molecule is CC(C)N1CC2(COCC1=O)CN(C(=O)C1CCC1)CCO2. The van der Waals surface area contributed by atoms with Crippen LogP contribution in [0.1, 0.15) is 33.1 Å². The second-order valence-corrected chi connectivity index (χ2v) is 7.03. The van der Waals surface area contributed by atoms with Crippen molar-refractivity contribution in [3.8, 4) is 0 Å². The zero-order chi connectivity index (χ0) is 15.7. The number of hydrogen-bond donors (Lipinski definition) is 0. The summed E-state index contributed by atoms with van der Waals surface area (Å²) in [6.07, 6.45) is 3.18. The lowest BCUT2D eigenvalue weighted by Crippen LogP contribution is -2.61. The summed E-state index contributed by atoms with van der Waals surface area (Å²) >= 11 is 0. The average molecular weight is 310 g/mol. The van der Waals surface area contributed by atoms with Crippen LogP contribution in [0.3, 0.4) is 0 Å². The predicted molar refractivity (Wildman–Crippen MR) is 80.3 cm³/mol. The molecule has 0 aromatic rings. The Labute approximate surface area is 131 Å².